The molecule has 1 fully saturated rings. The summed E-state index contributed by atoms with van der Waals surface area (Å²) in [5, 5.41) is 44.8. The number of nitrogens with zero attached hydrogens (tertiary/aromatic N) is 4. The molecule has 4 amide bonds. The van der Waals surface area contributed by atoms with Crippen molar-refractivity contribution in [2.75, 3.05) is 24.6 Å². The molecule has 0 radical (unpaired) electrons. The highest BCUT2D eigenvalue weighted by Crippen LogP contribution is 2.48. The number of hydrogen-bond acceptors (Lipinski definition) is 19. The van der Waals surface area contributed by atoms with Crippen LogP contribution >= 0.6 is 23.5 Å². The smallest absolute Gasteiger partial charge is 0.322 e. The summed E-state index contributed by atoms with van der Waals surface area (Å²) >= 11 is 2.08. The van der Waals surface area contributed by atoms with Crippen molar-refractivity contribution in [3.8, 4) is 11.9 Å². The van der Waals surface area contributed by atoms with Gasteiger partial charge in [-0.1, -0.05) is 6.42 Å². The molecule has 0 aromatic carbocycles. The molecule has 0 spiro atoms. The number of thioether (sulfide) groups is 2. The third kappa shape index (κ3) is 21.0. The van der Waals surface area contributed by atoms with E-state index in [1.54, 1.807) is 47.6 Å². The third-order valence-corrected chi connectivity index (χ3v) is 13.0. The number of aromatic nitrogens is 4. The molecule has 2 heterocycles. The maximum Gasteiger partial charge on any atom is 0.322 e. The van der Waals surface area contributed by atoms with E-state index in [0.29, 0.717) is 12.1 Å². The Kier molecular flexibility index (Phi) is 22.8. The first kappa shape index (κ1) is 59.1. The second-order valence-corrected chi connectivity index (χ2v) is 20.8. The Balaban J connectivity index is 2.14. The van der Waals surface area contributed by atoms with Gasteiger partial charge in [-0.05, 0) is 73.3 Å². The highest BCUT2D eigenvalue weighted by molar-refractivity contribution is 7.99. The lowest BCUT2D eigenvalue weighted by molar-refractivity contribution is -0.140. The molecule has 0 aliphatic heterocycles. The maximum atomic E-state index is 15.3. The number of rotatable bonds is 28. The molecule has 8 atom stereocenters. The number of carbonyl (C=O) groups is 9. The van der Waals surface area contributed by atoms with E-state index in [2.05, 4.69) is 41.2 Å². The summed E-state index contributed by atoms with van der Waals surface area (Å²) in [5.41, 5.74) is 10.0. The van der Waals surface area contributed by atoms with Crippen molar-refractivity contribution >= 4 is 76.8 Å². The van der Waals surface area contributed by atoms with Crippen LogP contribution in [0.15, 0.2) is 24.5 Å². The predicted molar refractivity (Wildman–Crippen MR) is 256 cm³/mol. The van der Waals surface area contributed by atoms with Gasteiger partial charge >= 0.3 is 29.9 Å². The van der Waals surface area contributed by atoms with Crippen molar-refractivity contribution in [3.05, 3.63) is 36.0 Å². The minimum absolute atomic E-state index is 0.0315. The van der Waals surface area contributed by atoms with Crippen LogP contribution in [0.25, 0.3) is 0 Å². The molecule has 71 heavy (non-hydrogen) atoms. The second kappa shape index (κ2) is 27.4. The Labute approximate surface area is 417 Å². The first-order chi connectivity index (χ1) is 33.1. The van der Waals surface area contributed by atoms with Gasteiger partial charge in [0.1, 0.15) is 60.1 Å². The SMILES string of the molecule is CC(C)(C)Oc1ccnc(C(SCC(NC(=O)CCC(N)C(=O)O)C(=O)NCC(=O)O)C2CCCC(C(SCC(NC(=O)CCC(N)C(=O)O)C(=O)NCC(=O)O)c3ccnc(OC(C)(C)C)n3)C2=O)n1. The fraction of sp³-hybridized carbons (Fsp3) is 0.614. The first-order valence-electron chi connectivity index (χ1n) is 22.5. The van der Waals surface area contributed by atoms with Gasteiger partial charge in [0.05, 0.1) is 16.2 Å². The number of carboxylic acids is 4. The Morgan fingerprint density at radius 3 is 1.62 bits per heavy atom. The van der Waals surface area contributed by atoms with Crippen LogP contribution in [0.2, 0.25) is 0 Å². The van der Waals surface area contributed by atoms with Gasteiger partial charge < -0.3 is 62.6 Å². The molecule has 27 heteroatoms. The summed E-state index contributed by atoms with van der Waals surface area (Å²) in [5.74, 6) is -11.1. The number of aliphatic carboxylic acids is 4. The van der Waals surface area contributed by atoms with Gasteiger partial charge in [0.2, 0.25) is 29.5 Å². The molecule has 2 aromatic rings. The van der Waals surface area contributed by atoms with Gasteiger partial charge in [0.25, 0.3) is 0 Å². The molecular weight excluding hydrogens is 973 g/mol. The largest absolute Gasteiger partial charge is 0.480 e. The summed E-state index contributed by atoms with van der Waals surface area (Å²) in [6, 6.07) is -2.52. The van der Waals surface area contributed by atoms with E-state index in [1.807, 2.05) is 0 Å². The molecule has 1 aliphatic rings. The van der Waals surface area contributed by atoms with Crippen LogP contribution in [0.5, 0.6) is 11.9 Å². The van der Waals surface area contributed by atoms with Gasteiger partial charge in [0, 0.05) is 54.6 Å². The van der Waals surface area contributed by atoms with Crippen LogP contribution in [0.4, 0.5) is 0 Å². The van der Waals surface area contributed by atoms with Crippen LogP contribution in [0.1, 0.15) is 109 Å². The van der Waals surface area contributed by atoms with Crippen LogP contribution in [-0.4, -0.2) is 154 Å². The summed E-state index contributed by atoms with van der Waals surface area (Å²) in [7, 11) is 0. The molecule has 1 aliphatic carbocycles. The highest BCUT2D eigenvalue weighted by atomic mass is 32.2. The van der Waals surface area contributed by atoms with E-state index >= 15 is 4.79 Å². The Bertz CT molecular complexity index is 2080. The number of ketones is 1. The van der Waals surface area contributed by atoms with Gasteiger partial charge in [0.15, 0.2) is 0 Å². The van der Waals surface area contributed by atoms with Crippen LogP contribution in [-0.2, 0) is 43.2 Å². The molecular formula is C44H64N10O15S2. The summed E-state index contributed by atoms with van der Waals surface area (Å²) in [4.78, 5) is 132. The van der Waals surface area contributed by atoms with Crippen LogP contribution in [0.3, 0.4) is 0 Å². The Morgan fingerprint density at radius 1 is 0.690 bits per heavy atom. The predicted octanol–water partition coefficient (Wildman–Crippen LogP) is 0.611. The van der Waals surface area contributed by atoms with Crippen molar-refractivity contribution in [1.29, 1.82) is 0 Å². The molecule has 3 rings (SSSR count). The van der Waals surface area contributed by atoms with Gasteiger partial charge in [-0.25, -0.2) is 9.97 Å². The normalized spacial score (nSPS) is 17.5. The molecule has 12 N–H and O–H groups in total. The Hall–Kier alpha value is -6.19. The van der Waals surface area contributed by atoms with Crippen LogP contribution in [0, 0.1) is 11.8 Å². The molecule has 2 aromatic heterocycles. The number of nitrogens with two attached hydrogens (primary N) is 2. The Morgan fingerprint density at radius 2 is 1.15 bits per heavy atom. The minimum atomic E-state index is -1.41. The summed E-state index contributed by atoms with van der Waals surface area (Å²) in [6.45, 7) is 9.14. The second-order valence-electron chi connectivity index (χ2n) is 18.4. The number of ether oxygens (including phenoxy) is 2. The molecule has 1 saturated carbocycles. The van der Waals surface area contributed by atoms with Gasteiger partial charge in [-0.15, -0.1) is 23.5 Å². The van der Waals surface area contributed by atoms with Crippen molar-refractivity contribution < 1.29 is 73.1 Å². The molecule has 8 unspecified atom stereocenters. The van der Waals surface area contributed by atoms with E-state index < -0.39 is 125 Å². The lowest BCUT2D eigenvalue weighted by Gasteiger charge is -2.36. The average molecular weight is 1040 g/mol. The summed E-state index contributed by atoms with van der Waals surface area (Å²) in [6.07, 6.45) is 2.51. The molecule has 392 valence electrons. The number of nitrogens with one attached hydrogen (secondary N) is 4. The van der Waals surface area contributed by atoms with E-state index in [4.69, 9.17) is 20.9 Å². The first-order valence-corrected chi connectivity index (χ1v) is 24.6. The van der Waals surface area contributed by atoms with E-state index in [0.717, 1.165) is 23.5 Å². The number of carbonyl (C=O) groups excluding carboxylic acids is 5. The average Bonchev–Trinajstić information content (AvgIpc) is 3.27. The van der Waals surface area contributed by atoms with Crippen molar-refractivity contribution in [2.45, 2.75) is 132 Å². The molecule has 0 bridgehead atoms. The number of carboxylic acid groups (broad SMARTS) is 4. The number of hydrogen-bond donors (Lipinski definition) is 10. The molecule has 25 nitrogen and oxygen atoms in total. The number of Topliss-reactive ketones (excluding diaryl/α,β-unsaturated/α-hetero) is 1. The van der Waals surface area contributed by atoms with Crippen molar-refractivity contribution in [2.24, 2.45) is 23.3 Å². The fourth-order valence-electron chi connectivity index (χ4n) is 6.89. The van der Waals surface area contributed by atoms with Crippen LogP contribution < -0.4 is 42.2 Å². The number of amides is 4. The monoisotopic (exact) mass is 1040 g/mol. The van der Waals surface area contributed by atoms with Crippen molar-refractivity contribution in [3.63, 3.8) is 0 Å². The fourth-order valence-corrected chi connectivity index (χ4v) is 9.73. The van der Waals surface area contributed by atoms with E-state index in [-0.39, 0.29) is 67.1 Å². The topological polar surface area (TPSA) is 405 Å². The van der Waals surface area contributed by atoms with Gasteiger partial charge in [-0.2, -0.15) is 9.97 Å². The standard InChI is InChI=1S/C44H64N10O15S2/c1-43(2,3)68-31-15-17-47-37(54-31)36(71-21-28(39(63)50-19-33(59)60)52-30(56)13-11-25(46)41(66)67)23-9-7-8-22(34(23)61)35(26-14-16-48-42(53-26)69-44(4,5)6)70-20-27(38(62)49-18-32(57)58)51-29(55)12-10-24(45)40(64)65/h14-17,22-25,27-28,35-36H,7-13,18-21,45-46H2,1-6H3,(H,49,62)(H,50,63)(H,51,55)(H,52,56)(H,57,58)(H,59,60)(H,64,65)(H,66,67). The van der Waals surface area contributed by atoms with E-state index in [9.17, 15) is 58.8 Å². The lowest BCUT2D eigenvalue weighted by Crippen LogP contribution is -2.50. The maximum absolute atomic E-state index is 15.3. The quantitative estimate of drug-likeness (QED) is 0.0558. The minimum Gasteiger partial charge on any atom is -0.480 e. The third-order valence-electron chi connectivity index (χ3n) is 10.2. The van der Waals surface area contributed by atoms with Gasteiger partial charge in [-0.3, -0.25) is 43.2 Å². The molecule has 0 saturated heterocycles. The zero-order valence-electron chi connectivity index (χ0n) is 40.2. The summed E-state index contributed by atoms with van der Waals surface area (Å²) < 4.78 is 12.0. The van der Waals surface area contributed by atoms with Crippen molar-refractivity contribution in [1.82, 2.24) is 41.2 Å². The zero-order chi connectivity index (χ0) is 53.2. The lowest BCUT2D eigenvalue weighted by atomic mass is 9.76. The zero-order valence-corrected chi connectivity index (χ0v) is 41.9. The highest BCUT2D eigenvalue weighted by Gasteiger charge is 2.44. The van der Waals surface area contributed by atoms with E-state index in [1.165, 1.54) is 18.5 Å².